The SMILES string of the molecule is C[C@@H](O)[C@H]1O[C@@H]2OC(C)(C)O[C@@H]2[C@H]2OC(C)(C)O[C@H]21. The number of aliphatic hydroxyl groups is 1. The Morgan fingerprint density at radius 2 is 1.37 bits per heavy atom. The van der Waals surface area contributed by atoms with Crippen molar-refractivity contribution in [1.29, 1.82) is 0 Å². The van der Waals surface area contributed by atoms with Crippen molar-refractivity contribution in [2.24, 2.45) is 0 Å². The van der Waals surface area contributed by atoms with E-state index in [1.54, 1.807) is 6.92 Å². The fourth-order valence-corrected chi connectivity index (χ4v) is 3.03. The molecule has 6 atom stereocenters. The lowest BCUT2D eigenvalue weighted by Crippen LogP contribution is -2.57. The van der Waals surface area contributed by atoms with Crippen LogP contribution in [0.5, 0.6) is 0 Å². The maximum absolute atomic E-state index is 9.89. The molecule has 6 heteroatoms. The maximum Gasteiger partial charge on any atom is 0.190 e. The summed E-state index contributed by atoms with van der Waals surface area (Å²) in [4.78, 5) is 0. The van der Waals surface area contributed by atoms with E-state index in [-0.39, 0.29) is 18.3 Å². The molecule has 3 rings (SSSR count). The summed E-state index contributed by atoms with van der Waals surface area (Å²) in [5.74, 6) is -1.43. The average Bonchev–Trinajstić information content (AvgIpc) is 2.70. The van der Waals surface area contributed by atoms with Crippen LogP contribution in [0.25, 0.3) is 0 Å². The lowest BCUT2D eigenvalue weighted by Gasteiger charge is -2.38. The number of fused-ring (bicyclic) bond motifs is 3. The first-order valence-electron chi connectivity index (χ1n) is 6.73. The van der Waals surface area contributed by atoms with E-state index in [4.69, 9.17) is 23.7 Å². The highest BCUT2D eigenvalue weighted by atomic mass is 16.9. The molecule has 3 aliphatic rings. The summed E-state index contributed by atoms with van der Waals surface area (Å²) in [6.45, 7) is 9.04. The van der Waals surface area contributed by atoms with Crippen LogP contribution in [0.4, 0.5) is 0 Å². The van der Waals surface area contributed by atoms with Crippen molar-refractivity contribution < 1.29 is 28.8 Å². The highest BCUT2D eigenvalue weighted by Gasteiger charge is 2.61. The van der Waals surface area contributed by atoms with Gasteiger partial charge in [0.05, 0.1) is 6.10 Å². The molecule has 0 aromatic carbocycles. The minimum Gasteiger partial charge on any atom is -0.391 e. The molecule has 110 valence electrons. The second kappa shape index (κ2) is 4.13. The van der Waals surface area contributed by atoms with Crippen LogP contribution in [-0.2, 0) is 23.7 Å². The molecule has 3 aliphatic heterocycles. The minimum absolute atomic E-state index is 0.296. The molecule has 3 heterocycles. The molecule has 19 heavy (non-hydrogen) atoms. The number of aliphatic hydroxyl groups excluding tert-OH is 1. The molecular weight excluding hydrogens is 252 g/mol. The Morgan fingerprint density at radius 1 is 0.842 bits per heavy atom. The van der Waals surface area contributed by atoms with Gasteiger partial charge in [0.25, 0.3) is 0 Å². The predicted octanol–water partition coefficient (Wildman–Crippen LogP) is 0.764. The van der Waals surface area contributed by atoms with Crippen molar-refractivity contribution >= 4 is 0 Å². The highest BCUT2D eigenvalue weighted by Crippen LogP contribution is 2.44. The zero-order valence-corrected chi connectivity index (χ0v) is 12.0. The summed E-state index contributed by atoms with van der Waals surface area (Å²) in [7, 11) is 0. The maximum atomic E-state index is 9.89. The summed E-state index contributed by atoms with van der Waals surface area (Å²) < 4.78 is 29.2. The summed E-state index contributed by atoms with van der Waals surface area (Å²) in [6.07, 6.45) is -2.67. The van der Waals surface area contributed by atoms with E-state index < -0.39 is 30.1 Å². The monoisotopic (exact) mass is 274 g/mol. The number of rotatable bonds is 1. The van der Waals surface area contributed by atoms with Gasteiger partial charge in [-0.25, -0.2) is 0 Å². The van der Waals surface area contributed by atoms with Gasteiger partial charge in [-0.05, 0) is 34.6 Å². The van der Waals surface area contributed by atoms with E-state index in [1.165, 1.54) is 0 Å². The Kier molecular flexibility index (Phi) is 2.98. The third kappa shape index (κ3) is 2.30. The third-order valence-electron chi connectivity index (χ3n) is 3.67. The summed E-state index contributed by atoms with van der Waals surface area (Å²) in [5, 5.41) is 9.89. The van der Waals surface area contributed by atoms with Crippen LogP contribution in [0.15, 0.2) is 0 Å². The van der Waals surface area contributed by atoms with E-state index >= 15 is 0 Å². The predicted molar refractivity (Wildman–Crippen MR) is 64.2 cm³/mol. The number of ether oxygens (including phenoxy) is 5. The molecule has 0 spiro atoms. The first-order chi connectivity index (χ1) is 8.69. The molecule has 3 saturated heterocycles. The molecular formula is C13H22O6. The van der Waals surface area contributed by atoms with Gasteiger partial charge in [-0.15, -0.1) is 0 Å². The van der Waals surface area contributed by atoms with Crippen LogP contribution in [0.2, 0.25) is 0 Å². The van der Waals surface area contributed by atoms with Crippen molar-refractivity contribution in [2.75, 3.05) is 0 Å². The first kappa shape index (κ1) is 13.7. The van der Waals surface area contributed by atoms with Crippen LogP contribution < -0.4 is 0 Å². The van der Waals surface area contributed by atoms with Crippen LogP contribution in [0.3, 0.4) is 0 Å². The fourth-order valence-electron chi connectivity index (χ4n) is 3.03. The molecule has 6 nitrogen and oxygen atoms in total. The van der Waals surface area contributed by atoms with Gasteiger partial charge in [0, 0.05) is 0 Å². The van der Waals surface area contributed by atoms with Crippen molar-refractivity contribution in [3.63, 3.8) is 0 Å². The van der Waals surface area contributed by atoms with Gasteiger partial charge in [0.15, 0.2) is 17.9 Å². The van der Waals surface area contributed by atoms with Gasteiger partial charge in [-0.1, -0.05) is 0 Å². The largest absolute Gasteiger partial charge is 0.391 e. The Morgan fingerprint density at radius 3 is 2.00 bits per heavy atom. The minimum atomic E-state index is -0.719. The van der Waals surface area contributed by atoms with Gasteiger partial charge >= 0.3 is 0 Å². The van der Waals surface area contributed by atoms with Crippen molar-refractivity contribution in [1.82, 2.24) is 0 Å². The van der Waals surface area contributed by atoms with Crippen LogP contribution in [0.1, 0.15) is 34.6 Å². The molecule has 0 bridgehead atoms. The number of hydrogen-bond donors (Lipinski definition) is 1. The fraction of sp³-hybridized carbons (Fsp3) is 1.00. The van der Waals surface area contributed by atoms with E-state index in [0.29, 0.717) is 0 Å². The van der Waals surface area contributed by atoms with Crippen LogP contribution in [-0.4, -0.2) is 53.5 Å². The molecule has 0 aliphatic carbocycles. The topological polar surface area (TPSA) is 66.4 Å². The standard InChI is InChI=1S/C13H22O6/c1-6(14)7-8-9(17-12(2,3)16-8)10-11(15-7)19-13(4,5)18-10/h6-11,14H,1-5H3/t6-,7-,8+,9+,10-,11-/m1/s1. The number of hydrogen-bond acceptors (Lipinski definition) is 6. The van der Waals surface area contributed by atoms with E-state index in [9.17, 15) is 5.11 Å². The second-order valence-corrected chi connectivity index (χ2v) is 6.37. The third-order valence-corrected chi connectivity index (χ3v) is 3.67. The van der Waals surface area contributed by atoms with Crippen molar-refractivity contribution in [3.05, 3.63) is 0 Å². The summed E-state index contributed by atoms with van der Waals surface area (Å²) in [5.41, 5.74) is 0. The first-order valence-corrected chi connectivity index (χ1v) is 6.73. The molecule has 0 unspecified atom stereocenters. The smallest absolute Gasteiger partial charge is 0.190 e. The van der Waals surface area contributed by atoms with Gasteiger partial charge in [-0.2, -0.15) is 0 Å². The summed E-state index contributed by atoms with van der Waals surface area (Å²) in [6, 6.07) is 0. The zero-order chi connectivity index (χ0) is 14.0. The second-order valence-electron chi connectivity index (χ2n) is 6.37. The van der Waals surface area contributed by atoms with Crippen LogP contribution >= 0.6 is 0 Å². The Bertz CT molecular complexity index is 366. The molecule has 0 aromatic rings. The lowest BCUT2D eigenvalue weighted by atomic mass is 9.96. The molecule has 1 N–H and O–H groups in total. The summed E-state index contributed by atoms with van der Waals surface area (Å²) >= 11 is 0. The Balaban J connectivity index is 1.89. The molecule has 3 fully saturated rings. The average molecular weight is 274 g/mol. The normalized spacial score (nSPS) is 48.6. The van der Waals surface area contributed by atoms with E-state index in [2.05, 4.69) is 0 Å². The van der Waals surface area contributed by atoms with Gasteiger partial charge in [0.2, 0.25) is 0 Å². The van der Waals surface area contributed by atoms with Gasteiger partial charge < -0.3 is 28.8 Å². The molecule has 0 saturated carbocycles. The Hall–Kier alpha value is -0.240. The van der Waals surface area contributed by atoms with Crippen molar-refractivity contribution in [3.8, 4) is 0 Å². The quantitative estimate of drug-likeness (QED) is 0.761. The highest BCUT2D eigenvalue weighted by molar-refractivity contribution is 5.01. The van der Waals surface area contributed by atoms with E-state index in [1.807, 2.05) is 27.7 Å². The molecule has 0 amide bonds. The Labute approximate surface area is 112 Å². The van der Waals surface area contributed by atoms with Crippen molar-refractivity contribution in [2.45, 2.75) is 83.0 Å². The van der Waals surface area contributed by atoms with Crippen LogP contribution in [0, 0.1) is 0 Å². The zero-order valence-electron chi connectivity index (χ0n) is 12.0. The van der Waals surface area contributed by atoms with Gasteiger partial charge in [-0.3, -0.25) is 0 Å². The van der Waals surface area contributed by atoms with Gasteiger partial charge in [0.1, 0.15) is 24.4 Å². The lowest BCUT2D eigenvalue weighted by molar-refractivity contribution is -0.250. The van der Waals surface area contributed by atoms with E-state index in [0.717, 1.165) is 0 Å². The molecule has 0 radical (unpaired) electrons. The molecule has 0 aromatic heterocycles.